The predicted molar refractivity (Wildman–Crippen MR) is 65.2 cm³/mol. The zero-order valence-electron chi connectivity index (χ0n) is 10.5. The van der Waals surface area contributed by atoms with Crippen molar-refractivity contribution >= 4 is 29.2 Å². The van der Waals surface area contributed by atoms with Crippen LogP contribution in [-0.4, -0.2) is 29.2 Å². The van der Waals surface area contributed by atoms with E-state index in [1.807, 2.05) is 0 Å². The second kappa shape index (κ2) is 4.33. The molecule has 6 nitrogen and oxygen atoms in total. The van der Waals surface area contributed by atoms with Crippen LogP contribution in [0.5, 0.6) is 0 Å². The van der Waals surface area contributed by atoms with Crippen molar-refractivity contribution in [3.05, 3.63) is 23.3 Å². The van der Waals surface area contributed by atoms with E-state index >= 15 is 0 Å². The summed E-state index contributed by atoms with van der Waals surface area (Å²) in [6, 6.07) is 0. The van der Waals surface area contributed by atoms with E-state index in [2.05, 4.69) is 5.32 Å². The van der Waals surface area contributed by atoms with E-state index in [0.717, 1.165) is 12.2 Å². The molecular formula is C14H11NO5. The molecule has 20 heavy (non-hydrogen) atoms. The first-order chi connectivity index (χ1) is 9.49. The molecule has 3 rings (SSSR count). The fraction of sp³-hybridized carbons (Fsp3) is 0.357. The summed E-state index contributed by atoms with van der Waals surface area (Å²) in [5.41, 5.74) is 0.129. The zero-order valence-corrected chi connectivity index (χ0v) is 10.5. The van der Waals surface area contributed by atoms with Crippen molar-refractivity contribution in [3.8, 4) is 0 Å². The van der Waals surface area contributed by atoms with Gasteiger partial charge in [-0.05, 0) is 25.0 Å². The molecule has 0 aromatic carbocycles. The average Bonchev–Trinajstić information content (AvgIpc) is 2.73. The van der Waals surface area contributed by atoms with E-state index in [-0.39, 0.29) is 42.1 Å². The maximum Gasteiger partial charge on any atom is 0.230 e. The summed E-state index contributed by atoms with van der Waals surface area (Å²) in [7, 11) is 0. The van der Waals surface area contributed by atoms with E-state index in [1.54, 1.807) is 0 Å². The molecule has 6 heteroatoms. The Bertz CT molecular complexity index is 640. The van der Waals surface area contributed by atoms with E-state index in [4.69, 9.17) is 0 Å². The summed E-state index contributed by atoms with van der Waals surface area (Å²) >= 11 is 0. The zero-order chi connectivity index (χ0) is 14.4. The average molecular weight is 273 g/mol. The smallest absolute Gasteiger partial charge is 0.230 e. The van der Waals surface area contributed by atoms with E-state index in [9.17, 15) is 24.0 Å². The number of nitrogens with one attached hydrogen (secondary N) is 1. The summed E-state index contributed by atoms with van der Waals surface area (Å²) in [4.78, 5) is 58.7. The predicted octanol–water partition coefficient (Wildman–Crippen LogP) is -0.367. The van der Waals surface area contributed by atoms with Crippen LogP contribution in [0.4, 0.5) is 0 Å². The Morgan fingerprint density at radius 1 is 0.950 bits per heavy atom. The lowest BCUT2D eigenvalue weighted by molar-refractivity contribution is -0.140. The van der Waals surface area contributed by atoms with Gasteiger partial charge in [0.05, 0.1) is 5.57 Å². The van der Waals surface area contributed by atoms with E-state index in [1.165, 1.54) is 0 Å². The molecule has 0 bridgehead atoms. The fourth-order valence-electron chi connectivity index (χ4n) is 3.00. The van der Waals surface area contributed by atoms with Crippen LogP contribution in [0.3, 0.4) is 0 Å². The van der Waals surface area contributed by atoms with Gasteiger partial charge >= 0.3 is 0 Å². The molecule has 1 N–H and O–H groups in total. The number of piperidine rings is 1. The second-order valence-corrected chi connectivity index (χ2v) is 5.15. The quantitative estimate of drug-likeness (QED) is 0.399. The number of amides is 2. The Hall–Kier alpha value is -2.37. The van der Waals surface area contributed by atoms with Crippen molar-refractivity contribution in [1.29, 1.82) is 0 Å². The van der Waals surface area contributed by atoms with Gasteiger partial charge in [-0.25, -0.2) is 0 Å². The topological polar surface area (TPSA) is 97.4 Å². The Morgan fingerprint density at radius 2 is 1.65 bits per heavy atom. The van der Waals surface area contributed by atoms with Crippen molar-refractivity contribution in [2.75, 3.05) is 0 Å². The van der Waals surface area contributed by atoms with Gasteiger partial charge in [0.25, 0.3) is 0 Å². The van der Waals surface area contributed by atoms with Crippen LogP contribution < -0.4 is 5.32 Å². The number of rotatable bonds is 1. The molecule has 1 saturated heterocycles. The highest BCUT2D eigenvalue weighted by molar-refractivity contribution is 6.34. The minimum Gasteiger partial charge on any atom is -0.296 e. The third-order valence-corrected chi connectivity index (χ3v) is 4.01. The molecule has 2 amide bonds. The SMILES string of the molecule is O=C1CCC(C2CC3=C(C(=O)C=CC3=O)C2=O)C(=O)N1. The van der Waals surface area contributed by atoms with Gasteiger partial charge in [0.2, 0.25) is 11.8 Å². The van der Waals surface area contributed by atoms with Crippen LogP contribution in [0, 0.1) is 11.8 Å². The molecular weight excluding hydrogens is 262 g/mol. The first kappa shape index (κ1) is 12.7. The van der Waals surface area contributed by atoms with E-state index < -0.39 is 29.3 Å². The van der Waals surface area contributed by atoms with Gasteiger partial charge in [-0.1, -0.05) is 0 Å². The lowest BCUT2D eigenvalue weighted by Crippen LogP contribution is -2.44. The summed E-state index contributed by atoms with van der Waals surface area (Å²) in [6.45, 7) is 0. The van der Waals surface area contributed by atoms with Crippen LogP contribution in [0.1, 0.15) is 19.3 Å². The molecule has 0 aromatic heterocycles. The molecule has 0 saturated carbocycles. The first-order valence-corrected chi connectivity index (χ1v) is 6.37. The molecule has 1 aliphatic heterocycles. The molecule has 0 aromatic rings. The number of Topliss-reactive ketones (excluding diaryl/α,β-unsaturated/α-hetero) is 1. The van der Waals surface area contributed by atoms with Gasteiger partial charge in [-0.3, -0.25) is 29.3 Å². The third-order valence-electron chi connectivity index (χ3n) is 4.01. The highest BCUT2D eigenvalue weighted by Crippen LogP contribution is 2.38. The molecule has 2 unspecified atom stereocenters. The number of carbonyl (C=O) groups is 5. The van der Waals surface area contributed by atoms with Gasteiger partial charge in [-0.15, -0.1) is 0 Å². The van der Waals surface area contributed by atoms with Crippen LogP contribution in [0.2, 0.25) is 0 Å². The van der Waals surface area contributed by atoms with Crippen molar-refractivity contribution in [2.24, 2.45) is 11.8 Å². The van der Waals surface area contributed by atoms with Crippen LogP contribution in [0.15, 0.2) is 23.3 Å². The first-order valence-electron chi connectivity index (χ1n) is 6.37. The van der Waals surface area contributed by atoms with Gasteiger partial charge in [0, 0.05) is 23.8 Å². The molecule has 1 fully saturated rings. The standard InChI is InChI=1S/C14H11NO5/c16-9-2-3-10(17)12-8(9)5-7(13(12)19)6-1-4-11(18)15-14(6)20/h2-3,6-7H,1,4-5H2,(H,15,18,20). The molecule has 1 heterocycles. The molecule has 102 valence electrons. The lowest BCUT2D eigenvalue weighted by Gasteiger charge is -2.25. The lowest BCUT2D eigenvalue weighted by atomic mass is 9.82. The summed E-state index contributed by atoms with van der Waals surface area (Å²) in [5, 5.41) is 2.20. The second-order valence-electron chi connectivity index (χ2n) is 5.15. The normalized spacial score (nSPS) is 29.9. The summed E-state index contributed by atoms with van der Waals surface area (Å²) in [5.74, 6) is -3.47. The number of allylic oxidation sites excluding steroid dienone is 4. The third kappa shape index (κ3) is 1.76. The van der Waals surface area contributed by atoms with Crippen molar-refractivity contribution in [3.63, 3.8) is 0 Å². The molecule has 2 aliphatic carbocycles. The maximum absolute atomic E-state index is 12.3. The molecule has 3 aliphatic rings. The van der Waals surface area contributed by atoms with Crippen molar-refractivity contribution < 1.29 is 24.0 Å². The highest BCUT2D eigenvalue weighted by Gasteiger charge is 2.46. The Kier molecular flexibility index (Phi) is 2.74. The monoisotopic (exact) mass is 273 g/mol. The Labute approximate surface area is 113 Å². The number of ketones is 3. The van der Waals surface area contributed by atoms with Gasteiger partial charge in [0.1, 0.15) is 0 Å². The fourth-order valence-corrected chi connectivity index (χ4v) is 3.00. The minimum absolute atomic E-state index is 0.0767. The largest absolute Gasteiger partial charge is 0.296 e. The van der Waals surface area contributed by atoms with Gasteiger partial charge < -0.3 is 0 Å². The van der Waals surface area contributed by atoms with Gasteiger partial charge in [-0.2, -0.15) is 0 Å². The molecule has 2 atom stereocenters. The van der Waals surface area contributed by atoms with Gasteiger partial charge in [0.15, 0.2) is 17.3 Å². The maximum atomic E-state index is 12.3. The highest BCUT2D eigenvalue weighted by atomic mass is 16.2. The Morgan fingerprint density at radius 3 is 2.30 bits per heavy atom. The molecule has 0 spiro atoms. The summed E-state index contributed by atoms with van der Waals surface area (Å²) in [6.07, 6.45) is 2.80. The van der Waals surface area contributed by atoms with Crippen molar-refractivity contribution in [1.82, 2.24) is 5.32 Å². The molecule has 0 radical (unpaired) electrons. The van der Waals surface area contributed by atoms with Crippen LogP contribution >= 0.6 is 0 Å². The van der Waals surface area contributed by atoms with Crippen LogP contribution in [-0.2, 0) is 24.0 Å². The summed E-state index contributed by atoms with van der Waals surface area (Å²) < 4.78 is 0. The number of carbonyl (C=O) groups excluding carboxylic acids is 5. The number of hydrogen-bond acceptors (Lipinski definition) is 5. The Balaban J connectivity index is 1.88. The van der Waals surface area contributed by atoms with Crippen LogP contribution in [0.25, 0.3) is 0 Å². The van der Waals surface area contributed by atoms with Crippen molar-refractivity contribution in [2.45, 2.75) is 19.3 Å². The minimum atomic E-state index is -0.708. The number of hydrogen-bond donors (Lipinski definition) is 1. The number of imide groups is 1. The van der Waals surface area contributed by atoms with E-state index in [0.29, 0.717) is 0 Å².